The molecule has 0 aliphatic rings. The van der Waals surface area contributed by atoms with E-state index in [1.807, 2.05) is 20.8 Å². The molecule has 0 fully saturated rings. The van der Waals surface area contributed by atoms with E-state index >= 15 is 0 Å². The van der Waals surface area contributed by atoms with Gasteiger partial charge in [0.15, 0.2) is 0 Å². The van der Waals surface area contributed by atoms with Crippen LogP contribution in [0.1, 0.15) is 27.2 Å². The van der Waals surface area contributed by atoms with E-state index in [1.165, 1.54) is 0 Å². The van der Waals surface area contributed by atoms with Gasteiger partial charge in [-0.05, 0) is 12.8 Å². The Bertz CT molecular complexity index is 256. The normalized spacial score (nSPS) is 14.2. The van der Waals surface area contributed by atoms with Crippen molar-refractivity contribution in [2.75, 3.05) is 13.7 Å². The van der Waals surface area contributed by atoms with Crippen LogP contribution in [0.4, 0.5) is 4.79 Å². The Balaban J connectivity index is 4.08. The molecule has 6 nitrogen and oxygen atoms in total. The molecule has 0 bridgehead atoms. The maximum atomic E-state index is 11.5. The Kier molecular flexibility index (Phi) is 7.29. The van der Waals surface area contributed by atoms with E-state index in [1.54, 1.807) is 7.11 Å². The quantitative estimate of drug-likeness (QED) is 0.620. The van der Waals surface area contributed by atoms with Crippen LogP contribution in [0.25, 0.3) is 0 Å². The average molecular weight is 246 g/mol. The van der Waals surface area contributed by atoms with Gasteiger partial charge in [0.25, 0.3) is 0 Å². The first-order valence-corrected chi connectivity index (χ1v) is 5.65. The standard InChI is InChI=1S/C11H22N2O4/c1-7(2)9(5-10(14)15)13-11(16)12-6-8(3)17-4/h7-9H,5-6H2,1-4H3,(H,14,15)(H2,12,13,16). The van der Waals surface area contributed by atoms with Gasteiger partial charge >= 0.3 is 12.0 Å². The van der Waals surface area contributed by atoms with Gasteiger partial charge in [-0.1, -0.05) is 13.8 Å². The first-order valence-electron chi connectivity index (χ1n) is 5.65. The lowest BCUT2D eigenvalue weighted by atomic mass is 10.0. The predicted octanol–water partition coefficient (Wildman–Crippen LogP) is 0.820. The van der Waals surface area contributed by atoms with Crippen molar-refractivity contribution in [1.29, 1.82) is 0 Å². The zero-order chi connectivity index (χ0) is 13.4. The number of aliphatic carboxylic acids is 1. The summed E-state index contributed by atoms with van der Waals surface area (Å²) in [5.74, 6) is -0.856. The number of carbonyl (C=O) groups is 2. The number of urea groups is 1. The summed E-state index contributed by atoms with van der Waals surface area (Å²) in [6.07, 6.45) is -0.150. The molecule has 2 atom stereocenters. The minimum absolute atomic E-state index is 0.0664. The van der Waals surface area contributed by atoms with Crippen LogP contribution in [0.2, 0.25) is 0 Å². The van der Waals surface area contributed by atoms with Crippen molar-refractivity contribution in [3.8, 4) is 0 Å². The van der Waals surface area contributed by atoms with Gasteiger partial charge in [0, 0.05) is 19.7 Å². The second kappa shape index (κ2) is 7.89. The Labute approximate surface area is 102 Å². The second-order valence-electron chi connectivity index (χ2n) is 4.35. The first-order chi connectivity index (χ1) is 7.86. The number of rotatable bonds is 7. The van der Waals surface area contributed by atoms with Crippen molar-refractivity contribution in [3.63, 3.8) is 0 Å². The van der Waals surface area contributed by atoms with Crippen molar-refractivity contribution >= 4 is 12.0 Å². The molecule has 0 rings (SSSR count). The fourth-order valence-electron chi connectivity index (χ4n) is 1.18. The van der Waals surface area contributed by atoms with Crippen molar-refractivity contribution in [2.24, 2.45) is 5.92 Å². The van der Waals surface area contributed by atoms with Gasteiger partial charge in [-0.15, -0.1) is 0 Å². The highest BCUT2D eigenvalue weighted by molar-refractivity contribution is 5.75. The Morgan fingerprint density at radius 3 is 2.29 bits per heavy atom. The Morgan fingerprint density at radius 1 is 1.29 bits per heavy atom. The molecule has 17 heavy (non-hydrogen) atoms. The highest BCUT2D eigenvalue weighted by atomic mass is 16.5. The van der Waals surface area contributed by atoms with Crippen LogP contribution in [0, 0.1) is 5.92 Å². The average Bonchev–Trinajstić information content (AvgIpc) is 2.24. The van der Waals surface area contributed by atoms with Crippen LogP contribution in [0.5, 0.6) is 0 Å². The molecular weight excluding hydrogens is 224 g/mol. The summed E-state index contributed by atoms with van der Waals surface area (Å²) in [4.78, 5) is 22.1. The van der Waals surface area contributed by atoms with E-state index < -0.39 is 5.97 Å². The number of carboxylic acids is 1. The number of hydrogen-bond acceptors (Lipinski definition) is 3. The van der Waals surface area contributed by atoms with Gasteiger partial charge in [-0.3, -0.25) is 4.79 Å². The fourth-order valence-corrected chi connectivity index (χ4v) is 1.18. The molecule has 0 saturated carbocycles. The van der Waals surface area contributed by atoms with Gasteiger partial charge < -0.3 is 20.5 Å². The topological polar surface area (TPSA) is 87.7 Å². The van der Waals surface area contributed by atoms with E-state index in [0.29, 0.717) is 6.54 Å². The van der Waals surface area contributed by atoms with Gasteiger partial charge in [0.2, 0.25) is 0 Å². The van der Waals surface area contributed by atoms with Crippen molar-refractivity contribution in [3.05, 3.63) is 0 Å². The lowest BCUT2D eigenvalue weighted by Crippen LogP contribution is -2.47. The molecule has 0 spiro atoms. The summed E-state index contributed by atoms with van der Waals surface area (Å²) in [5.41, 5.74) is 0. The third kappa shape index (κ3) is 7.57. The van der Waals surface area contributed by atoms with Gasteiger partial charge in [0.1, 0.15) is 0 Å². The van der Waals surface area contributed by atoms with Crippen LogP contribution in [0.15, 0.2) is 0 Å². The SMILES string of the molecule is COC(C)CNC(=O)NC(CC(=O)O)C(C)C. The molecule has 2 unspecified atom stereocenters. The molecule has 0 radical (unpaired) electrons. The van der Waals surface area contributed by atoms with E-state index in [9.17, 15) is 9.59 Å². The molecule has 2 amide bonds. The Morgan fingerprint density at radius 2 is 1.88 bits per heavy atom. The van der Waals surface area contributed by atoms with Crippen LogP contribution >= 0.6 is 0 Å². The maximum absolute atomic E-state index is 11.5. The number of nitrogens with one attached hydrogen (secondary N) is 2. The summed E-state index contributed by atoms with van der Waals surface area (Å²) >= 11 is 0. The summed E-state index contributed by atoms with van der Waals surface area (Å²) in [7, 11) is 1.56. The molecule has 100 valence electrons. The number of carboxylic acid groups (broad SMARTS) is 1. The summed E-state index contributed by atoms with van der Waals surface area (Å²) < 4.78 is 4.98. The van der Waals surface area contributed by atoms with Crippen molar-refractivity contribution in [2.45, 2.75) is 39.3 Å². The van der Waals surface area contributed by atoms with Crippen LogP contribution < -0.4 is 10.6 Å². The number of carbonyl (C=O) groups excluding carboxylic acids is 1. The molecule has 0 aromatic rings. The molecule has 3 N–H and O–H groups in total. The molecule has 0 aromatic heterocycles. The molecule has 0 aliphatic carbocycles. The third-order valence-corrected chi connectivity index (χ3v) is 2.47. The lowest BCUT2D eigenvalue weighted by molar-refractivity contribution is -0.137. The van der Waals surface area contributed by atoms with Gasteiger partial charge in [0.05, 0.1) is 12.5 Å². The Hall–Kier alpha value is -1.30. The zero-order valence-corrected chi connectivity index (χ0v) is 10.8. The summed E-state index contributed by atoms with van der Waals surface area (Å²) in [6, 6.07) is -0.737. The van der Waals surface area contributed by atoms with E-state index in [0.717, 1.165) is 0 Å². The second-order valence-corrected chi connectivity index (χ2v) is 4.35. The fraction of sp³-hybridized carbons (Fsp3) is 0.818. The molecule has 0 heterocycles. The van der Waals surface area contributed by atoms with Gasteiger partial charge in [-0.2, -0.15) is 0 Å². The van der Waals surface area contributed by atoms with Crippen molar-refractivity contribution in [1.82, 2.24) is 10.6 Å². The molecule has 6 heteroatoms. The largest absolute Gasteiger partial charge is 0.481 e. The van der Waals surface area contributed by atoms with E-state index in [2.05, 4.69) is 10.6 Å². The summed E-state index contributed by atoms with van der Waals surface area (Å²) in [6.45, 7) is 5.95. The number of methoxy groups -OCH3 is 1. The van der Waals surface area contributed by atoms with Crippen LogP contribution in [-0.4, -0.2) is 42.9 Å². The maximum Gasteiger partial charge on any atom is 0.315 e. The highest BCUT2D eigenvalue weighted by Gasteiger charge is 2.19. The smallest absolute Gasteiger partial charge is 0.315 e. The predicted molar refractivity (Wildman–Crippen MR) is 63.9 cm³/mol. The molecule has 0 saturated heterocycles. The highest BCUT2D eigenvalue weighted by Crippen LogP contribution is 2.05. The third-order valence-electron chi connectivity index (χ3n) is 2.47. The lowest BCUT2D eigenvalue weighted by Gasteiger charge is -2.21. The molecule has 0 aliphatic heterocycles. The van der Waals surface area contributed by atoms with E-state index in [4.69, 9.17) is 9.84 Å². The minimum Gasteiger partial charge on any atom is -0.481 e. The number of amides is 2. The minimum atomic E-state index is -0.922. The first kappa shape index (κ1) is 15.7. The van der Waals surface area contributed by atoms with Crippen LogP contribution in [0.3, 0.4) is 0 Å². The van der Waals surface area contributed by atoms with Crippen molar-refractivity contribution < 1.29 is 19.4 Å². The zero-order valence-electron chi connectivity index (χ0n) is 10.8. The molecular formula is C11H22N2O4. The summed E-state index contributed by atoms with van der Waals surface area (Å²) in [5, 5.41) is 14.0. The number of ether oxygens (including phenoxy) is 1. The molecule has 0 aromatic carbocycles. The van der Waals surface area contributed by atoms with Gasteiger partial charge in [-0.25, -0.2) is 4.79 Å². The van der Waals surface area contributed by atoms with E-state index in [-0.39, 0.29) is 30.5 Å². The monoisotopic (exact) mass is 246 g/mol. The van der Waals surface area contributed by atoms with Crippen LogP contribution in [-0.2, 0) is 9.53 Å². The number of hydrogen-bond donors (Lipinski definition) is 3.